The lowest BCUT2D eigenvalue weighted by molar-refractivity contribution is -0.492. The first kappa shape index (κ1) is 42.8. The number of esters is 2. The van der Waals surface area contributed by atoms with Gasteiger partial charge in [-0.3, -0.25) is 40.1 Å². The first-order valence-corrected chi connectivity index (χ1v) is 17.9. The van der Waals surface area contributed by atoms with Gasteiger partial charge in [-0.2, -0.15) is 5.21 Å². The highest BCUT2D eigenvalue weighted by Crippen LogP contribution is 2.30. The fourth-order valence-corrected chi connectivity index (χ4v) is 5.65. The first-order chi connectivity index (χ1) is 26.6. The van der Waals surface area contributed by atoms with Crippen LogP contribution in [0.2, 0.25) is 5.15 Å². The minimum absolute atomic E-state index is 0.0120. The van der Waals surface area contributed by atoms with Crippen LogP contribution in [0, 0.1) is 0 Å². The smallest absolute Gasteiger partial charge is 0.329 e. The number of nitrogens with zero attached hydrogens (tertiary/aromatic N) is 7. The third-order valence-corrected chi connectivity index (χ3v) is 8.31. The van der Waals surface area contributed by atoms with Gasteiger partial charge >= 0.3 is 11.9 Å². The molecule has 298 valence electrons. The van der Waals surface area contributed by atoms with Crippen molar-refractivity contribution in [1.29, 1.82) is 0 Å². The molecule has 0 unspecified atom stereocenters. The summed E-state index contributed by atoms with van der Waals surface area (Å²) in [5.74, 6) is -1.48. The fourth-order valence-electron chi connectivity index (χ4n) is 5.36. The standard InChI is InChI=1S/C34H44ClN9O11/c1-2-3-12-28-37-31(35)30(42(28)22-23-13-15-24(16-14-23)25-10-4-5-11-26(25)32-38-40-41-39-32)33(46)36-27(34(47)53-18-7-9-20-55-44(50)51)21-29(45)52-17-6-8-19-54-43(48)49/h4-5,10-11,13-16,27,48-51H,2-3,6-9,12,17-22H2,1H3,(H,36,46)(H,38,39,40,41)/t27-/m0/s1. The third-order valence-electron chi connectivity index (χ3n) is 8.05. The van der Waals surface area contributed by atoms with E-state index in [4.69, 9.17) is 41.9 Å². The molecular weight excluding hydrogens is 746 g/mol. The Morgan fingerprint density at radius 3 is 2.13 bits per heavy atom. The molecule has 0 bridgehead atoms. The number of imidazole rings is 1. The van der Waals surface area contributed by atoms with Gasteiger partial charge in [-0.15, -0.1) is 10.2 Å². The molecule has 6 N–H and O–H groups in total. The summed E-state index contributed by atoms with van der Waals surface area (Å²) in [6.07, 6.45) is 2.76. The van der Waals surface area contributed by atoms with Crippen molar-refractivity contribution in [3.63, 3.8) is 0 Å². The predicted molar refractivity (Wildman–Crippen MR) is 189 cm³/mol. The maximum Gasteiger partial charge on any atom is 0.329 e. The van der Waals surface area contributed by atoms with Crippen molar-refractivity contribution in [1.82, 2.24) is 46.3 Å². The average Bonchev–Trinajstić information content (AvgIpc) is 3.81. The van der Waals surface area contributed by atoms with Crippen LogP contribution in [0.4, 0.5) is 0 Å². The van der Waals surface area contributed by atoms with Crippen LogP contribution >= 0.6 is 11.6 Å². The van der Waals surface area contributed by atoms with Crippen LogP contribution in [0.3, 0.4) is 0 Å². The molecule has 1 amide bonds. The number of aromatic amines is 1. The highest BCUT2D eigenvalue weighted by atomic mass is 35.5. The fraction of sp³-hybridized carbons (Fsp3) is 0.441. The van der Waals surface area contributed by atoms with Gasteiger partial charge in [0.1, 0.15) is 17.6 Å². The van der Waals surface area contributed by atoms with E-state index in [9.17, 15) is 14.4 Å². The molecule has 2 aromatic carbocycles. The number of hydrogen-bond donors (Lipinski definition) is 6. The zero-order valence-electron chi connectivity index (χ0n) is 30.0. The highest BCUT2D eigenvalue weighted by molar-refractivity contribution is 6.32. The summed E-state index contributed by atoms with van der Waals surface area (Å²) < 4.78 is 12.2. The number of H-pyrrole nitrogens is 1. The van der Waals surface area contributed by atoms with E-state index >= 15 is 0 Å². The van der Waals surface area contributed by atoms with Gasteiger partial charge in [0.15, 0.2) is 5.15 Å². The molecule has 1 atom stereocenters. The van der Waals surface area contributed by atoms with E-state index < -0.39 is 41.1 Å². The zero-order chi connectivity index (χ0) is 39.6. The van der Waals surface area contributed by atoms with Gasteiger partial charge in [0.05, 0.1) is 43.6 Å². The van der Waals surface area contributed by atoms with Crippen molar-refractivity contribution in [2.45, 2.75) is 70.9 Å². The number of hydrogen-bond acceptors (Lipinski definition) is 17. The van der Waals surface area contributed by atoms with Crippen molar-refractivity contribution in [3.05, 3.63) is 70.8 Å². The predicted octanol–water partition coefficient (Wildman–Crippen LogP) is 3.93. The summed E-state index contributed by atoms with van der Waals surface area (Å²) in [5, 5.41) is 50.6. The number of rotatable bonds is 24. The maximum atomic E-state index is 14.0. The minimum Gasteiger partial charge on any atom is -0.466 e. The number of carbonyl (C=O) groups is 3. The molecule has 55 heavy (non-hydrogen) atoms. The van der Waals surface area contributed by atoms with E-state index in [0.29, 0.717) is 37.3 Å². The molecule has 0 spiro atoms. The van der Waals surface area contributed by atoms with Gasteiger partial charge in [-0.1, -0.05) is 73.5 Å². The average molecular weight is 790 g/mol. The van der Waals surface area contributed by atoms with Gasteiger partial charge in [-0.25, -0.2) is 9.78 Å². The number of halogens is 1. The van der Waals surface area contributed by atoms with Gasteiger partial charge in [0.25, 0.3) is 5.91 Å². The molecule has 20 nitrogen and oxygen atoms in total. The van der Waals surface area contributed by atoms with Crippen LogP contribution < -0.4 is 5.32 Å². The molecule has 4 rings (SSSR count). The second-order valence-electron chi connectivity index (χ2n) is 12.0. The molecule has 0 fully saturated rings. The van der Waals surface area contributed by atoms with Crippen molar-refractivity contribution in [2.75, 3.05) is 26.4 Å². The number of unbranched alkanes of at least 4 members (excludes halogenated alkanes) is 3. The Kier molecular flexibility index (Phi) is 17.5. The van der Waals surface area contributed by atoms with Crippen molar-refractivity contribution < 1.29 is 54.4 Å². The molecule has 2 aromatic heterocycles. The number of nitrogens with one attached hydrogen (secondary N) is 2. The van der Waals surface area contributed by atoms with E-state index in [2.05, 4.69) is 40.6 Å². The second kappa shape index (κ2) is 22.5. The van der Waals surface area contributed by atoms with Gasteiger partial charge in [-0.05, 0) is 54.0 Å². The van der Waals surface area contributed by atoms with E-state index in [-0.39, 0.29) is 50.2 Å². The monoisotopic (exact) mass is 789 g/mol. The number of tetrazole rings is 1. The molecular formula is C34H44ClN9O11. The summed E-state index contributed by atoms with van der Waals surface area (Å²) in [5.41, 5.74) is 3.40. The molecule has 0 saturated carbocycles. The Balaban J connectivity index is 1.51. The van der Waals surface area contributed by atoms with Gasteiger partial charge in [0, 0.05) is 18.5 Å². The number of aromatic nitrogens is 6. The topological polar surface area (TPSA) is 260 Å². The number of carbonyl (C=O) groups excluding carboxylic acids is 3. The summed E-state index contributed by atoms with van der Waals surface area (Å²) in [6, 6.07) is 13.9. The number of benzene rings is 2. The summed E-state index contributed by atoms with van der Waals surface area (Å²) in [4.78, 5) is 53.4. The van der Waals surface area contributed by atoms with Crippen molar-refractivity contribution >= 4 is 29.4 Å². The van der Waals surface area contributed by atoms with E-state index in [0.717, 1.165) is 35.1 Å². The largest absolute Gasteiger partial charge is 0.466 e. The second-order valence-corrected chi connectivity index (χ2v) is 12.4. The Bertz CT molecular complexity index is 1790. The summed E-state index contributed by atoms with van der Waals surface area (Å²) in [7, 11) is 0. The number of ether oxygens (including phenoxy) is 2. The van der Waals surface area contributed by atoms with E-state index in [1.165, 1.54) is 0 Å². The third kappa shape index (κ3) is 13.7. The van der Waals surface area contributed by atoms with Crippen molar-refractivity contribution in [2.24, 2.45) is 0 Å². The van der Waals surface area contributed by atoms with Crippen molar-refractivity contribution in [3.8, 4) is 22.5 Å². The van der Waals surface area contributed by atoms with Crippen LogP contribution in [0.15, 0.2) is 48.5 Å². The first-order valence-electron chi connectivity index (χ1n) is 17.5. The maximum absolute atomic E-state index is 14.0. The zero-order valence-corrected chi connectivity index (χ0v) is 30.8. The SMILES string of the molecule is CCCCc1nc(Cl)c(C(=O)N[C@@H](CC(=O)OCCCCON(O)O)C(=O)OCCCCON(O)O)n1Cc1ccc(-c2ccccc2-c2nn[nH]n2)cc1. The number of aryl methyl sites for hydroxylation is 1. The minimum atomic E-state index is -1.47. The van der Waals surface area contributed by atoms with E-state index in [1.54, 1.807) is 4.57 Å². The Morgan fingerprint density at radius 1 is 0.873 bits per heavy atom. The van der Waals surface area contributed by atoms with E-state index in [1.807, 2.05) is 55.5 Å². The lowest BCUT2D eigenvalue weighted by atomic mass is 9.98. The molecule has 0 aliphatic carbocycles. The molecule has 21 heteroatoms. The van der Waals surface area contributed by atoms with Crippen LogP contribution in [-0.2, 0) is 41.7 Å². The molecule has 0 aliphatic heterocycles. The Hall–Kier alpha value is -4.90. The van der Waals surface area contributed by atoms with Crippen LogP contribution in [0.25, 0.3) is 22.5 Å². The molecule has 2 heterocycles. The quantitative estimate of drug-likeness (QED) is 0.0334. The Labute approximate surface area is 320 Å². The molecule has 0 radical (unpaired) electrons. The highest BCUT2D eigenvalue weighted by Gasteiger charge is 2.30. The lowest BCUT2D eigenvalue weighted by Gasteiger charge is -2.19. The lowest BCUT2D eigenvalue weighted by Crippen LogP contribution is -2.44. The number of amides is 1. The van der Waals surface area contributed by atoms with Gasteiger partial charge in [0.2, 0.25) is 5.82 Å². The summed E-state index contributed by atoms with van der Waals surface area (Å²) in [6.45, 7) is 1.92. The molecule has 0 aliphatic rings. The molecule has 4 aromatic rings. The van der Waals surface area contributed by atoms with Crippen LogP contribution in [0.1, 0.15) is 73.7 Å². The normalized spacial score (nSPS) is 11.9. The Morgan fingerprint density at radius 2 is 1.51 bits per heavy atom. The van der Waals surface area contributed by atoms with Crippen LogP contribution in [-0.4, -0.2) is 112 Å². The van der Waals surface area contributed by atoms with Gasteiger partial charge < -0.3 is 19.4 Å². The molecule has 0 saturated heterocycles. The van der Waals surface area contributed by atoms with Crippen LogP contribution in [0.5, 0.6) is 0 Å². The summed E-state index contributed by atoms with van der Waals surface area (Å²) >= 11 is 6.60.